The van der Waals surface area contributed by atoms with E-state index in [1.54, 1.807) is 113 Å². The van der Waals surface area contributed by atoms with Crippen LogP contribution >= 0.6 is 0 Å². The highest BCUT2D eigenvalue weighted by Gasteiger charge is 2.49. The highest BCUT2D eigenvalue weighted by Crippen LogP contribution is 2.59. The third kappa shape index (κ3) is 15.3. The SMILES string of the molecule is CC(C)N(C(=O)C(c1ccccc1)N1C(=O)c2cc(Oc3ccc(-c4ccccc4)cc3)c3c4c(Oc5ccc(-c6ccccc6)cc5)cc5c6c(cc(Oc7ccc(-c8ccccc8)cc7)c(c7c(Oc8ccc(-c9ccccc9)cc8)cc(c2c37)C1=O)c64)C(=O)N(C(C(=O)N(c1ccc(OCC2CO2)cc1)C(C)C)c1ccccc1)C5=O)c1ccc(NCC2CO2)cc1. The number of anilines is 3. The van der Waals surface area contributed by atoms with Crippen LogP contribution in [-0.4, -0.2) is 95.9 Å². The summed E-state index contributed by atoms with van der Waals surface area (Å²) in [5.41, 5.74) is 9.63. The smallest absolute Gasteiger partial charge is 0.262 e. The lowest BCUT2D eigenvalue weighted by Crippen LogP contribution is -2.51. The van der Waals surface area contributed by atoms with Gasteiger partial charge in [-0.3, -0.25) is 38.6 Å². The summed E-state index contributed by atoms with van der Waals surface area (Å²) in [4.78, 5) is 108. The first-order chi connectivity index (χ1) is 63.6. The molecule has 18 heteroatoms. The molecule has 4 aliphatic rings. The highest BCUT2D eigenvalue weighted by molar-refractivity contribution is 6.45. The van der Waals surface area contributed by atoms with E-state index in [2.05, 4.69) is 5.32 Å². The first-order valence-electron chi connectivity index (χ1n) is 43.6. The molecule has 1 N–H and O–H groups in total. The molecule has 18 nitrogen and oxygen atoms in total. The average molecular weight is 1710 g/mol. The van der Waals surface area contributed by atoms with E-state index in [4.69, 9.17) is 33.2 Å². The van der Waals surface area contributed by atoms with Crippen LogP contribution in [0.15, 0.2) is 352 Å². The van der Waals surface area contributed by atoms with E-state index < -0.39 is 59.6 Å². The first-order valence-corrected chi connectivity index (χ1v) is 43.6. The van der Waals surface area contributed by atoms with Crippen molar-refractivity contribution >= 4 is 95.6 Å². The van der Waals surface area contributed by atoms with Crippen LogP contribution in [0, 0.1) is 0 Å². The summed E-state index contributed by atoms with van der Waals surface area (Å²) in [6, 6.07) is 104. The Kier molecular flexibility index (Phi) is 21.2. The molecule has 130 heavy (non-hydrogen) atoms. The zero-order chi connectivity index (χ0) is 88.4. The van der Waals surface area contributed by atoms with Gasteiger partial charge in [0, 0.05) is 78.8 Å². The van der Waals surface area contributed by atoms with Gasteiger partial charge in [0.25, 0.3) is 35.4 Å². The molecule has 2 saturated heterocycles. The van der Waals surface area contributed by atoms with Crippen LogP contribution in [0.2, 0.25) is 0 Å². The Morgan fingerprint density at radius 3 is 0.862 bits per heavy atom. The number of amides is 6. The van der Waals surface area contributed by atoms with Gasteiger partial charge < -0.3 is 48.3 Å². The molecule has 17 aromatic rings. The minimum Gasteiger partial charge on any atom is -0.491 e. The Labute approximate surface area is 749 Å². The lowest BCUT2D eigenvalue weighted by Gasteiger charge is -2.39. The maximum atomic E-state index is 17.3. The number of rotatable bonds is 28. The standard InChI is InChI=1S/C112H85N5O13/c1-67(2)114(80-45-43-79(44-46-80)113-63-87-64-125-87)111(122)105(77-31-19-9-20-32-77)116-107(118)89-59-93(127-83-49-35-73(36-50-83)69-23-11-5-12-24-69)99-101-95(129-85-53-39-75(40-54-85)71-27-15-7-16-28-71)61-91-98-92(110(121)117(109(91)120)106(78-33-21-10-22-34-78)112(123)115(68(3)4)81-47-57-82(58-48-81)124-65-88-66-126-88)62-96(130-86-55-41-76(42-56-86)72-29-17-8-18-30-72)102(104(98)101)100-94(60-90(108(116)119)97(89)103(99)100)128-84-51-37-74(38-52-84)70-25-13-6-14-26-70/h5-62,67-68,87-88,105-106,113H,63-66H2,1-4H3. The van der Waals surface area contributed by atoms with E-state index in [1.165, 1.54) is 0 Å². The van der Waals surface area contributed by atoms with Crippen molar-refractivity contribution in [2.45, 2.75) is 64.1 Å². The van der Waals surface area contributed by atoms with Crippen LogP contribution in [0.4, 0.5) is 17.1 Å². The molecule has 4 unspecified atom stereocenters. The molecule has 2 fully saturated rings. The van der Waals surface area contributed by atoms with E-state index in [0.717, 1.165) is 60.0 Å². The molecule has 21 rings (SSSR count). The molecule has 4 heterocycles. The van der Waals surface area contributed by atoms with Gasteiger partial charge >= 0.3 is 0 Å². The molecule has 0 spiro atoms. The van der Waals surface area contributed by atoms with Crippen molar-refractivity contribution in [3.63, 3.8) is 0 Å². The number of hydrogen-bond donors (Lipinski definition) is 1. The van der Waals surface area contributed by atoms with E-state index in [1.807, 2.05) is 276 Å². The highest BCUT2D eigenvalue weighted by atomic mass is 16.6. The predicted octanol–water partition coefficient (Wildman–Crippen LogP) is 24.7. The summed E-state index contributed by atoms with van der Waals surface area (Å²) >= 11 is 0. The number of benzene rings is 17. The van der Waals surface area contributed by atoms with Crippen molar-refractivity contribution < 1.29 is 61.9 Å². The fourth-order valence-corrected chi connectivity index (χ4v) is 18.1. The maximum Gasteiger partial charge on any atom is 0.262 e. The topological polar surface area (TPSA) is 199 Å². The van der Waals surface area contributed by atoms with E-state index >= 15 is 28.8 Å². The zero-order valence-corrected chi connectivity index (χ0v) is 71.4. The number of imide groups is 2. The third-order valence-corrected chi connectivity index (χ3v) is 24.5. The molecule has 17 aromatic carbocycles. The van der Waals surface area contributed by atoms with Crippen LogP contribution < -0.4 is 38.8 Å². The van der Waals surface area contributed by atoms with Crippen molar-refractivity contribution in [1.29, 1.82) is 0 Å². The minimum atomic E-state index is -1.62. The summed E-state index contributed by atoms with van der Waals surface area (Å²) in [6.07, 6.45) is 0.0946. The number of hydrogen-bond acceptors (Lipinski definition) is 14. The number of nitrogens with one attached hydrogen (secondary N) is 1. The summed E-state index contributed by atoms with van der Waals surface area (Å²) in [5, 5.41) is 5.21. The van der Waals surface area contributed by atoms with Crippen LogP contribution in [0.3, 0.4) is 0 Å². The Morgan fingerprint density at radius 1 is 0.323 bits per heavy atom. The van der Waals surface area contributed by atoms with Gasteiger partial charge in [0.05, 0.1) is 41.6 Å². The fourth-order valence-electron chi connectivity index (χ4n) is 18.1. The molecule has 0 bridgehead atoms. The molecule has 4 aliphatic heterocycles. The number of carbonyl (C=O) groups excluding carboxylic acids is 6. The van der Waals surface area contributed by atoms with Crippen LogP contribution in [0.25, 0.3) is 87.6 Å². The van der Waals surface area contributed by atoms with Gasteiger partial charge in [0.15, 0.2) is 0 Å². The summed E-state index contributed by atoms with van der Waals surface area (Å²) < 4.78 is 47.4. The quantitative estimate of drug-likeness (QED) is 0.0210. The van der Waals surface area contributed by atoms with Crippen molar-refractivity contribution in [1.82, 2.24) is 9.80 Å². The number of ether oxygens (including phenoxy) is 7. The molecule has 4 atom stereocenters. The zero-order valence-electron chi connectivity index (χ0n) is 71.4. The normalized spacial score (nSPS) is 14.9. The minimum absolute atomic E-state index is 0.00768. The summed E-state index contributed by atoms with van der Waals surface area (Å²) in [6.45, 7) is 9.75. The number of carbonyl (C=O) groups is 6. The van der Waals surface area contributed by atoms with Gasteiger partial charge in [-0.25, -0.2) is 0 Å². The maximum absolute atomic E-state index is 17.3. The van der Waals surface area contributed by atoms with Gasteiger partial charge in [0.2, 0.25) is 0 Å². The Balaban J connectivity index is 0.860. The molecular formula is C112H85N5O13. The van der Waals surface area contributed by atoms with Gasteiger partial charge in [-0.05, 0) is 205 Å². The lowest BCUT2D eigenvalue weighted by atomic mass is 9.80. The predicted molar refractivity (Wildman–Crippen MR) is 506 cm³/mol. The summed E-state index contributed by atoms with van der Waals surface area (Å²) in [5.74, 6) is -2.51. The van der Waals surface area contributed by atoms with Gasteiger partial charge in [0.1, 0.15) is 76.5 Å². The van der Waals surface area contributed by atoms with Crippen LogP contribution in [-0.2, 0) is 19.1 Å². The van der Waals surface area contributed by atoms with E-state index in [-0.39, 0.29) is 101 Å². The largest absolute Gasteiger partial charge is 0.491 e. The Morgan fingerprint density at radius 2 is 0.585 bits per heavy atom. The first kappa shape index (κ1) is 81.0. The summed E-state index contributed by atoms with van der Waals surface area (Å²) in [7, 11) is 0. The molecular weight excluding hydrogens is 1620 g/mol. The number of epoxide rings is 2. The second-order valence-corrected chi connectivity index (χ2v) is 33.5. The fraction of sp³-hybridized carbons (Fsp3) is 0.125. The van der Waals surface area contributed by atoms with Gasteiger partial charge in [-0.1, -0.05) is 231 Å². The van der Waals surface area contributed by atoms with Gasteiger partial charge in [-0.2, -0.15) is 0 Å². The average Bonchev–Trinajstić information content (AvgIpc) is 0.910. The Bertz CT molecular complexity index is 6480. The number of fused-ring (bicyclic) bond motifs is 2. The van der Waals surface area contributed by atoms with Gasteiger partial charge in [-0.15, -0.1) is 0 Å². The van der Waals surface area contributed by atoms with E-state index in [0.29, 0.717) is 77.6 Å². The van der Waals surface area contributed by atoms with Crippen molar-refractivity contribution in [3.05, 3.63) is 385 Å². The molecule has 0 aliphatic carbocycles. The van der Waals surface area contributed by atoms with Crippen molar-refractivity contribution in [2.24, 2.45) is 0 Å². The van der Waals surface area contributed by atoms with Crippen LogP contribution in [0.1, 0.15) is 92.3 Å². The molecule has 0 saturated carbocycles. The second kappa shape index (κ2) is 34.0. The molecule has 6 amide bonds. The van der Waals surface area contributed by atoms with Crippen LogP contribution in [0.5, 0.6) is 51.7 Å². The van der Waals surface area contributed by atoms with E-state index in [9.17, 15) is 0 Å². The third-order valence-electron chi connectivity index (χ3n) is 24.5. The lowest BCUT2D eigenvalue weighted by molar-refractivity contribution is -0.123. The van der Waals surface area contributed by atoms with Crippen molar-refractivity contribution in [2.75, 3.05) is 41.5 Å². The molecule has 0 aromatic heterocycles. The monoisotopic (exact) mass is 1710 g/mol. The Hall–Kier alpha value is -16.0. The molecule has 636 valence electrons. The number of nitrogens with zero attached hydrogens (tertiary/aromatic N) is 4. The molecule has 0 radical (unpaired) electrons. The second-order valence-electron chi connectivity index (χ2n) is 33.5. The van der Waals surface area contributed by atoms with Crippen molar-refractivity contribution in [3.8, 4) is 96.3 Å².